The normalized spacial score (nSPS) is 11.6. The fraction of sp³-hybridized carbons (Fsp3) is 0.176. The van der Waals surface area contributed by atoms with Gasteiger partial charge in [0.1, 0.15) is 0 Å². The van der Waals surface area contributed by atoms with Gasteiger partial charge in [-0.15, -0.1) is 0 Å². The molecular formula is C17H17ClN2O2. The molecule has 0 spiro atoms. The number of ketones is 1. The summed E-state index contributed by atoms with van der Waals surface area (Å²) in [7, 11) is 0. The Morgan fingerprint density at radius 1 is 1.09 bits per heavy atom. The van der Waals surface area contributed by atoms with E-state index in [1.54, 1.807) is 30.3 Å². The molecule has 4 nitrogen and oxygen atoms in total. The van der Waals surface area contributed by atoms with Crippen molar-refractivity contribution in [2.75, 3.05) is 5.32 Å². The van der Waals surface area contributed by atoms with Crippen LogP contribution in [0.3, 0.4) is 0 Å². The van der Waals surface area contributed by atoms with Crippen LogP contribution in [-0.2, 0) is 0 Å². The van der Waals surface area contributed by atoms with Crippen LogP contribution < -0.4 is 10.6 Å². The van der Waals surface area contributed by atoms with E-state index in [2.05, 4.69) is 10.6 Å². The smallest absolute Gasteiger partial charge is 0.319 e. The lowest BCUT2D eigenvalue weighted by Crippen LogP contribution is -2.31. The van der Waals surface area contributed by atoms with Crippen LogP contribution in [0.5, 0.6) is 0 Å². The zero-order valence-electron chi connectivity index (χ0n) is 12.4. The molecule has 1 unspecified atom stereocenters. The molecule has 0 saturated carbocycles. The van der Waals surface area contributed by atoms with Gasteiger partial charge in [0.2, 0.25) is 0 Å². The second kappa shape index (κ2) is 7.09. The highest BCUT2D eigenvalue weighted by molar-refractivity contribution is 6.30. The van der Waals surface area contributed by atoms with Crippen molar-refractivity contribution in [3.63, 3.8) is 0 Å². The molecule has 5 heteroatoms. The summed E-state index contributed by atoms with van der Waals surface area (Å²) >= 11 is 5.94. The van der Waals surface area contributed by atoms with Crippen LogP contribution in [0.4, 0.5) is 10.5 Å². The number of benzene rings is 2. The molecule has 2 rings (SSSR count). The quantitative estimate of drug-likeness (QED) is 0.820. The molecule has 0 saturated heterocycles. The number of halogens is 1. The first-order valence-corrected chi connectivity index (χ1v) is 7.27. The second-order valence-corrected chi connectivity index (χ2v) is 5.45. The zero-order chi connectivity index (χ0) is 16.1. The molecule has 0 aliphatic heterocycles. The summed E-state index contributed by atoms with van der Waals surface area (Å²) in [6.45, 7) is 3.38. The molecule has 0 fully saturated rings. The molecule has 114 valence electrons. The van der Waals surface area contributed by atoms with Crippen molar-refractivity contribution >= 4 is 29.1 Å². The highest BCUT2D eigenvalue weighted by Gasteiger charge is 2.10. The highest BCUT2D eigenvalue weighted by atomic mass is 35.5. The van der Waals surface area contributed by atoms with Gasteiger partial charge in [-0.05, 0) is 55.8 Å². The van der Waals surface area contributed by atoms with E-state index in [0.717, 1.165) is 5.56 Å². The molecule has 0 aliphatic carbocycles. The van der Waals surface area contributed by atoms with E-state index < -0.39 is 0 Å². The molecule has 1 atom stereocenters. The number of carbonyl (C=O) groups excluding carboxylic acids is 2. The third-order valence-corrected chi connectivity index (χ3v) is 3.48. The number of Topliss-reactive ketones (excluding diaryl/α,β-unsaturated/α-hetero) is 1. The van der Waals surface area contributed by atoms with Gasteiger partial charge in [-0.1, -0.05) is 23.7 Å². The minimum Gasteiger partial charge on any atom is -0.331 e. The minimum absolute atomic E-state index is 0.00872. The summed E-state index contributed by atoms with van der Waals surface area (Å²) in [5.74, 6) is -0.00872. The number of carbonyl (C=O) groups is 2. The third kappa shape index (κ3) is 4.33. The summed E-state index contributed by atoms with van der Waals surface area (Å²) in [5.41, 5.74) is 2.16. The Morgan fingerprint density at radius 3 is 2.36 bits per heavy atom. The predicted octanol–water partition coefficient (Wildman–Crippen LogP) is 4.43. The maximum atomic E-state index is 12.0. The fourth-order valence-electron chi connectivity index (χ4n) is 2.01. The van der Waals surface area contributed by atoms with Crippen molar-refractivity contribution in [2.24, 2.45) is 0 Å². The summed E-state index contributed by atoms with van der Waals surface area (Å²) in [6.07, 6.45) is 0. The first-order chi connectivity index (χ1) is 10.5. The lowest BCUT2D eigenvalue weighted by molar-refractivity contribution is 0.101. The van der Waals surface area contributed by atoms with Crippen LogP contribution in [0.15, 0.2) is 48.5 Å². The van der Waals surface area contributed by atoms with E-state index in [1.807, 2.05) is 25.1 Å². The molecule has 2 N–H and O–H groups in total. The van der Waals surface area contributed by atoms with Crippen LogP contribution in [0, 0.1) is 0 Å². The van der Waals surface area contributed by atoms with E-state index >= 15 is 0 Å². The summed E-state index contributed by atoms with van der Waals surface area (Å²) in [5, 5.41) is 6.19. The summed E-state index contributed by atoms with van der Waals surface area (Å²) in [6, 6.07) is 13.6. The molecule has 0 radical (unpaired) electrons. The average molecular weight is 317 g/mol. The zero-order valence-corrected chi connectivity index (χ0v) is 13.1. The molecule has 0 aromatic heterocycles. The predicted molar refractivity (Wildman–Crippen MR) is 88.5 cm³/mol. The van der Waals surface area contributed by atoms with Crippen molar-refractivity contribution in [1.29, 1.82) is 0 Å². The van der Waals surface area contributed by atoms with Crippen LogP contribution in [0.2, 0.25) is 5.02 Å². The van der Waals surface area contributed by atoms with Gasteiger partial charge in [0.15, 0.2) is 5.78 Å². The number of hydrogen-bond donors (Lipinski definition) is 2. The van der Waals surface area contributed by atoms with E-state index in [4.69, 9.17) is 11.6 Å². The van der Waals surface area contributed by atoms with Crippen LogP contribution in [0.25, 0.3) is 0 Å². The number of rotatable bonds is 4. The first kappa shape index (κ1) is 16.0. The molecule has 2 amide bonds. The maximum absolute atomic E-state index is 12.0. The Bertz CT molecular complexity index is 683. The van der Waals surface area contributed by atoms with E-state index in [0.29, 0.717) is 16.3 Å². The van der Waals surface area contributed by atoms with Gasteiger partial charge in [-0.3, -0.25) is 4.79 Å². The lowest BCUT2D eigenvalue weighted by Gasteiger charge is -2.15. The second-order valence-electron chi connectivity index (χ2n) is 5.01. The largest absolute Gasteiger partial charge is 0.331 e. The van der Waals surface area contributed by atoms with E-state index in [9.17, 15) is 9.59 Å². The Balaban J connectivity index is 1.96. The van der Waals surface area contributed by atoms with Crippen LogP contribution in [-0.4, -0.2) is 11.8 Å². The highest BCUT2D eigenvalue weighted by Crippen LogP contribution is 2.17. The van der Waals surface area contributed by atoms with Crippen molar-refractivity contribution in [3.8, 4) is 0 Å². The molecule has 0 bridgehead atoms. The summed E-state index contributed by atoms with van der Waals surface area (Å²) < 4.78 is 0. The van der Waals surface area contributed by atoms with Crippen molar-refractivity contribution < 1.29 is 9.59 Å². The monoisotopic (exact) mass is 316 g/mol. The van der Waals surface area contributed by atoms with Gasteiger partial charge >= 0.3 is 6.03 Å². The molecule has 22 heavy (non-hydrogen) atoms. The number of amides is 2. The lowest BCUT2D eigenvalue weighted by atomic mass is 10.1. The van der Waals surface area contributed by atoms with Crippen LogP contribution >= 0.6 is 11.6 Å². The van der Waals surface area contributed by atoms with Gasteiger partial charge < -0.3 is 10.6 Å². The minimum atomic E-state index is -0.317. The fourth-order valence-corrected chi connectivity index (χ4v) is 2.21. The molecule has 0 aliphatic rings. The molecule has 2 aromatic rings. The van der Waals surface area contributed by atoms with Gasteiger partial charge in [-0.25, -0.2) is 4.79 Å². The summed E-state index contributed by atoms with van der Waals surface area (Å²) in [4.78, 5) is 23.2. The SMILES string of the molecule is CC(=O)c1ccc(NC(=O)NC(C)c2cccc(Cl)c2)cc1. The topological polar surface area (TPSA) is 58.2 Å². The number of anilines is 1. The first-order valence-electron chi connectivity index (χ1n) is 6.89. The third-order valence-electron chi connectivity index (χ3n) is 3.25. The molecule has 2 aromatic carbocycles. The number of urea groups is 1. The van der Waals surface area contributed by atoms with Gasteiger partial charge in [0.25, 0.3) is 0 Å². The van der Waals surface area contributed by atoms with Gasteiger partial charge in [-0.2, -0.15) is 0 Å². The Kier molecular flexibility index (Phi) is 5.17. The maximum Gasteiger partial charge on any atom is 0.319 e. The van der Waals surface area contributed by atoms with Crippen molar-refractivity contribution in [2.45, 2.75) is 19.9 Å². The number of nitrogens with one attached hydrogen (secondary N) is 2. The number of hydrogen-bond acceptors (Lipinski definition) is 2. The van der Waals surface area contributed by atoms with Gasteiger partial charge in [0.05, 0.1) is 6.04 Å². The van der Waals surface area contributed by atoms with E-state index in [1.165, 1.54) is 6.92 Å². The van der Waals surface area contributed by atoms with Crippen molar-refractivity contribution in [3.05, 3.63) is 64.7 Å². The van der Waals surface area contributed by atoms with E-state index in [-0.39, 0.29) is 17.9 Å². The Hall–Kier alpha value is -2.33. The standard InChI is InChI=1S/C17H17ClN2O2/c1-11(14-4-3-5-15(18)10-14)19-17(22)20-16-8-6-13(7-9-16)12(2)21/h3-11H,1-2H3,(H2,19,20,22). The Morgan fingerprint density at radius 2 is 1.77 bits per heavy atom. The molecular weight excluding hydrogens is 300 g/mol. The van der Waals surface area contributed by atoms with Crippen LogP contribution in [0.1, 0.15) is 35.8 Å². The molecule has 0 heterocycles. The average Bonchev–Trinajstić information content (AvgIpc) is 2.47. The Labute approximate surface area is 134 Å². The van der Waals surface area contributed by atoms with Gasteiger partial charge in [0, 0.05) is 16.3 Å². The van der Waals surface area contributed by atoms with Crippen molar-refractivity contribution in [1.82, 2.24) is 5.32 Å².